The van der Waals surface area contributed by atoms with Crippen LogP contribution < -0.4 is 0 Å². The Labute approximate surface area is 141 Å². The lowest BCUT2D eigenvalue weighted by molar-refractivity contribution is 0.104. The first-order chi connectivity index (χ1) is 11.5. The zero-order valence-electron chi connectivity index (χ0n) is 14.0. The van der Waals surface area contributed by atoms with Crippen molar-refractivity contribution in [2.24, 2.45) is 0 Å². The van der Waals surface area contributed by atoms with Crippen molar-refractivity contribution in [3.8, 4) is 5.69 Å². The van der Waals surface area contributed by atoms with Gasteiger partial charge >= 0.3 is 0 Å². The number of carbonyl (C=O) groups excluding carboxylic acids is 1. The molecular formula is C20H19N3O. The minimum atomic E-state index is -0.147. The molecule has 4 nitrogen and oxygen atoms in total. The van der Waals surface area contributed by atoms with Gasteiger partial charge in [0.1, 0.15) is 0 Å². The highest BCUT2D eigenvalue weighted by Gasteiger charge is 2.15. The highest BCUT2D eigenvalue weighted by Crippen LogP contribution is 2.14. The van der Waals surface area contributed by atoms with Crippen LogP contribution in [-0.4, -0.2) is 20.8 Å². The third-order valence-corrected chi connectivity index (χ3v) is 3.91. The molecule has 24 heavy (non-hydrogen) atoms. The Morgan fingerprint density at radius 1 is 0.917 bits per heavy atom. The van der Waals surface area contributed by atoms with E-state index < -0.39 is 0 Å². The summed E-state index contributed by atoms with van der Waals surface area (Å²) in [5.41, 5.74) is 5.35. The molecule has 0 N–H and O–H groups in total. The van der Waals surface area contributed by atoms with Gasteiger partial charge in [0.05, 0.1) is 11.4 Å². The van der Waals surface area contributed by atoms with Crippen molar-refractivity contribution < 1.29 is 4.79 Å². The second-order valence-corrected chi connectivity index (χ2v) is 5.88. The maximum Gasteiger partial charge on any atom is 0.208 e. The maximum absolute atomic E-state index is 12.4. The summed E-state index contributed by atoms with van der Waals surface area (Å²) in [7, 11) is 0. The van der Waals surface area contributed by atoms with E-state index in [0.717, 1.165) is 16.9 Å². The van der Waals surface area contributed by atoms with Gasteiger partial charge in [0.25, 0.3) is 0 Å². The topological polar surface area (TPSA) is 47.8 Å². The fourth-order valence-electron chi connectivity index (χ4n) is 2.42. The number of aromatic nitrogens is 3. The number of allylic oxidation sites excluding steroid dienone is 1. The molecule has 4 heteroatoms. The van der Waals surface area contributed by atoms with E-state index in [2.05, 4.69) is 10.3 Å². The zero-order valence-corrected chi connectivity index (χ0v) is 14.0. The van der Waals surface area contributed by atoms with Crippen LogP contribution in [0.2, 0.25) is 0 Å². The van der Waals surface area contributed by atoms with Gasteiger partial charge in [-0.2, -0.15) is 0 Å². The van der Waals surface area contributed by atoms with Gasteiger partial charge in [0, 0.05) is 0 Å². The molecule has 0 aliphatic heterocycles. The van der Waals surface area contributed by atoms with Gasteiger partial charge in [-0.05, 0) is 44.5 Å². The Hall–Kier alpha value is -3.01. The van der Waals surface area contributed by atoms with Crippen molar-refractivity contribution in [2.45, 2.75) is 20.8 Å². The lowest BCUT2D eigenvalue weighted by Gasteiger charge is -2.03. The first-order valence-corrected chi connectivity index (χ1v) is 7.83. The van der Waals surface area contributed by atoms with Gasteiger partial charge in [0.15, 0.2) is 5.69 Å². The van der Waals surface area contributed by atoms with Crippen LogP contribution in [0.15, 0.2) is 54.6 Å². The normalized spacial score (nSPS) is 11.1. The predicted octanol–water partition coefficient (Wildman–Crippen LogP) is 4.09. The van der Waals surface area contributed by atoms with E-state index in [9.17, 15) is 4.79 Å². The maximum atomic E-state index is 12.4. The average Bonchev–Trinajstić information content (AvgIpc) is 2.96. The number of benzene rings is 2. The summed E-state index contributed by atoms with van der Waals surface area (Å²) in [5.74, 6) is -0.147. The molecule has 3 rings (SSSR count). The number of nitrogens with zero attached hydrogens (tertiary/aromatic N) is 3. The molecule has 0 atom stereocenters. The van der Waals surface area contributed by atoms with Crippen molar-refractivity contribution in [1.82, 2.24) is 15.0 Å². The molecule has 0 radical (unpaired) electrons. The summed E-state index contributed by atoms with van der Waals surface area (Å²) in [6.07, 6.45) is 3.34. The third-order valence-electron chi connectivity index (χ3n) is 3.91. The second-order valence-electron chi connectivity index (χ2n) is 5.88. The lowest BCUT2D eigenvalue weighted by Crippen LogP contribution is -2.01. The predicted molar refractivity (Wildman–Crippen MR) is 95.4 cm³/mol. The highest BCUT2D eigenvalue weighted by molar-refractivity contribution is 6.06. The zero-order chi connectivity index (χ0) is 17.1. The lowest BCUT2D eigenvalue weighted by atomic mass is 10.1. The van der Waals surface area contributed by atoms with Crippen LogP contribution in [0.25, 0.3) is 11.8 Å². The smallest absolute Gasteiger partial charge is 0.208 e. The van der Waals surface area contributed by atoms with Gasteiger partial charge < -0.3 is 0 Å². The minimum absolute atomic E-state index is 0.147. The molecule has 0 aliphatic carbocycles. The molecule has 2 aromatic carbocycles. The average molecular weight is 317 g/mol. The molecule has 3 aromatic rings. The van der Waals surface area contributed by atoms with E-state index in [1.807, 2.05) is 69.3 Å². The molecule has 1 heterocycles. The van der Waals surface area contributed by atoms with E-state index in [1.165, 1.54) is 11.1 Å². The van der Waals surface area contributed by atoms with Crippen molar-refractivity contribution in [3.63, 3.8) is 0 Å². The van der Waals surface area contributed by atoms with Crippen LogP contribution in [0.1, 0.15) is 32.9 Å². The van der Waals surface area contributed by atoms with Crippen LogP contribution in [0.5, 0.6) is 0 Å². The molecule has 0 saturated heterocycles. The molecule has 120 valence electrons. The number of ketones is 1. The quantitative estimate of drug-likeness (QED) is 0.538. The van der Waals surface area contributed by atoms with Crippen LogP contribution in [-0.2, 0) is 0 Å². The molecule has 1 aromatic heterocycles. The van der Waals surface area contributed by atoms with E-state index in [1.54, 1.807) is 16.8 Å². The molecule has 0 amide bonds. The summed E-state index contributed by atoms with van der Waals surface area (Å²) in [6, 6.07) is 15.9. The van der Waals surface area contributed by atoms with E-state index in [-0.39, 0.29) is 5.78 Å². The van der Waals surface area contributed by atoms with Crippen molar-refractivity contribution in [3.05, 3.63) is 82.7 Å². The van der Waals surface area contributed by atoms with Crippen molar-refractivity contribution in [2.75, 3.05) is 0 Å². The van der Waals surface area contributed by atoms with Crippen LogP contribution in [0, 0.1) is 20.8 Å². The minimum Gasteiger partial charge on any atom is -0.287 e. The largest absolute Gasteiger partial charge is 0.287 e. The summed E-state index contributed by atoms with van der Waals surface area (Å²) < 4.78 is 1.69. The first kappa shape index (κ1) is 15.9. The van der Waals surface area contributed by atoms with E-state index in [4.69, 9.17) is 0 Å². The Balaban J connectivity index is 1.83. The van der Waals surface area contributed by atoms with Crippen LogP contribution >= 0.6 is 0 Å². The molecule has 0 bridgehead atoms. The van der Waals surface area contributed by atoms with Gasteiger partial charge in [-0.1, -0.05) is 58.8 Å². The number of hydrogen-bond donors (Lipinski definition) is 0. The Kier molecular flexibility index (Phi) is 4.38. The molecule has 0 spiro atoms. The molecular weight excluding hydrogens is 298 g/mol. The Morgan fingerprint density at radius 2 is 1.50 bits per heavy atom. The van der Waals surface area contributed by atoms with Crippen molar-refractivity contribution in [1.29, 1.82) is 0 Å². The van der Waals surface area contributed by atoms with Crippen LogP contribution in [0.4, 0.5) is 0 Å². The van der Waals surface area contributed by atoms with Gasteiger partial charge in [-0.15, -0.1) is 5.10 Å². The third kappa shape index (κ3) is 3.33. The van der Waals surface area contributed by atoms with Gasteiger partial charge in [0.2, 0.25) is 5.78 Å². The van der Waals surface area contributed by atoms with E-state index >= 15 is 0 Å². The summed E-state index contributed by atoms with van der Waals surface area (Å²) >= 11 is 0. The summed E-state index contributed by atoms with van der Waals surface area (Å²) in [4.78, 5) is 12.4. The summed E-state index contributed by atoms with van der Waals surface area (Å²) in [5, 5.41) is 8.17. The standard InChI is InChI=1S/C20H19N3O/c1-14-4-8-17(9-5-14)10-13-19(24)20-16(3)23(22-21-20)18-11-6-15(2)7-12-18/h4-13H,1-3H3/b13-10+. The Bertz CT molecular complexity index is 888. The number of carbonyl (C=O) groups is 1. The number of aryl methyl sites for hydroxylation is 2. The second kappa shape index (κ2) is 6.62. The summed E-state index contributed by atoms with van der Waals surface area (Å²) in [6.45, 7) is 5.92. The molecule has 0 aliphatic rings. The monoisotopic (exact) mass is 317 g/mol. The number of rotatable bonds is 4. The Morgan fingerprint density at radius 3 is 2.12 bits per heavy atom. The SMILES string of the molecule is Cc1ccc(/C=C/C(=O)c2nnn(-c3ccc(C)cc3)c2C)cc1. The highest BCUT2D eigenvalue weighted by atomic mass is 16.1. The fourth-order valence-corrected chi connectivity index (χ4v) is 2.42. The van der Waals surface area contributed by atoms with Gasteiger partial charge in [-0.25, -0.2) is 4.68 Å². The molecule has 0 unspecified atom stereocenters. The number of hydrogen-bond acceptors (Lipinski definition) is 3. The van der Waals surface area contributed by atoms with Gasteiger partial charge in [-0.3, -0.25) is 4.79 Å². The molecule has 0 fully saturated rings. The fraction of sp³-hybridized carbons (Fsp3) is 0.150. The first-order valence-electron chi connectivity index (χ1n) is 7.83. The van der Waals surface area contributed by atoms with Crippen molar-refractivity contribution >= 4 is 11.9 Å². The van der Waals surface area contributed by atoms with Crippen LogP contribution in [0.3, 0.4) is 0 Å². The molecule has 0 saturated carbocycles. The van der Waals surface area contributed by atoms with E-state index in [0.29, 0.717) is 5.69 Å².